The second-order valence-corrected chi connectivity index (χ2v) is 3.92. The molecule has 80 valence electrons. The van der Waals surface area contributed by atoms with E-state index in [4.69, 9.17) is 5.11 Å². The van der Waals surface area contributed by atoms with Crippen LogP contribution in [0.2, 0.25) is 0 Å². The lowest BCUT2D eigenvalue weighted by Gasteiger charge is -2.34. The highest BCUT2D eigenvalue weighted by Gasteiger charge is 2.42. The van der Waals surface area contributed by atoms with E-state index in [0.717, 1.165) is 0 Å². The lowest BCUT2D eigenvalue weighted by atomic mass is 10.1. The predicted octanol–water partition coefficient (Wildman–Crippen LogP) is -2.33. The highest BCUT2D eigenvalue weighted by atomic mass is 32.1. The van der Waals surface area contributed by atoms with Gasteiger partial charge in [0, 0.05) is 13.1 Å². The third kappa shape index (κ3) is 1.73. The molecule has 2 rings (SSSR count). The van der Waals surface area contributed by atoms with E-state index in [1.54, 1.807) is 0 Å². The summed E-state index contributed by atoms with van der Waals surface area (Å²) in [7, 11) is 0. The van der Waals surface area contributed by atoms with Crippen LogP contribution in [-0.2, 0) is 4.79 Å². The summed E-state index contributed by atoms with van der Waals surface area (Å²) < 4.78 is 0. The molecule has 3 unspecified atom stereocenters. The molecule has 7 heteroatoms. The summed E-state index contributed by atoms with van der Waals surface area (Å²) in [5.74, 6) is -0.105. The van der Waals surface area contributed by atoms with Crippen molar-refractivity contribution < 1.29 is 9.90 Å². The van der Waals surface area contributed by atoms with Crippen LogP contribution in [0.3, 0.4) is 0 Å². The van der Waals surface area contributed by atoms with Crippen LogP contribution in [0.15, 0.2) is 0 Å². The molecular formula is C7H14N4O2S. The third-order valence-corrected chi connectivity index (χ3v) is 2.79. The number of hydrazine groups is 1. The molecule has 2 heterocycles. The topological polar surface area (TPSA) is 76.6 Å². The van der Waals surface area contributed by atoms with Crippen molar-refractivity contribution in [2.24, 2.45) is 5.92 Å². The molecule has 3 atom stereocenters. The molecule has 1 amide bonds. The van der Waals surface area contributed by atoms with E-state index >= 15 is 0 Å². The molecule has 2 aliphatic heterocycles. The van der Waals surface area contributed by atoms with Gasteiger partial charge in [-0.1, -0.05) is 0 Å². The number of hydrogen-bond acceptors (Lipinski definition) is 6. The van der Waals surface area contributed by atoms with Crippen LogP contribution in [0.25, 0.3) is 0 Å². The van der Waals surface area contributed by atoms with E-state index in [1.807, 2.05) is 5.01 Å². The first-order valence-electron chi connectivity index (χ1n) is 4.58. The van der Waals surface area contributed by atoms with Crippen molar-refractivity contribution in [3.63, 3.8) is 0 Å². The molecule has 0 aromatic heterocycles. The van der Waals surface area contributed by atoms with Crippen LogP contribution in [0.4, 0.5) is 0 Å². The number of β-amino-alcohol motifs (C(OH)–C–C–N with tert-alkyl or cyclic N) is 1. The predicted molar refractivity (Wildman–Crippen MR) is 53.1 cm³/mol. The molecule has 0 radical (unpaired) electrons. The van der Waals surface area contributed by atoms with Crippen molar-refractivity contribution in [1.82, 2.24) is 21.1 Å². The fourth-order valence-electron chi connectivity index (χ4n) is 1.86. The minimum absolute atomic E-state index is 0.00156. The molecule has 2 aliphatic rings. The number of carbonyl (C=O) groups excluding carboxylic acids is 1. The molecule has 0 aliphatic carbocycles. The Hall–Kier alpha value is -0.340. The number of rotatable bonds is 2. The quantitative estimate of drug-likeness (QED) is 0.336. The maximum atomic E-state index is 11.5. The molecule has 0 spiro atoms. The summed E-state index contributed by atoms with van der Waals surface area (Å²) in [4.78, 5) is 11.5. The maximum Gasteiger partial charge on any atom is 0.229 e. The molecular weight excluding hydrogens is 204 g/mol. The molecule has 4 N–H and O–H groups in total. The zero-order valence-electron chi connectivity index (χ0n) is 7.60. The van der Waals surface area contributed by atoms with Gasteiger partial charge in [-0.25, -0.2) is 5.01 Å². The average molecular weight is 218 g/mol. The largest absolute Gasteiger partial charge is 0.395 e. The van der Waals surface area contributed by atoms with Gasteiger partial charge in [0.2, 0.25) is 5.91 Å². The van der Waals surface area contributed by atoms with Gasteiger partial charge in [0.1, 0.15) is 5.50 Å². The molecule has 0 saturated carbocycles. The minimum Gasteiger partial charge on any atom is -0.395 e. The summed E-state index contributed by atoms with van der Waals surface area (Å²) in [6.45, 7) is 1.17. The first kappa shape index (κ1) is 10.2. The van der Waals surface area contributed by atoms with Crippen LogP contribution in [-0.4, -0.2) is 47.4 Å². The second kappa shape index (κ2) is 4.03. The smallest absolute Gasteiger partial charge is 0.229 e. The van der Waals surface area contributed by atoms with Crippen LogP contribution in [0.5, 0.6) is 0 Å². The summed E-state index contributed by atoms with van der Waals surface area (Å²) in [5.41, 5.74) is 2.75. The number of hydrogen-bond donors (Lipinski definition) is 5. The number of fused-ring (bicyclic) bond motifs is 1. The number of thiol groups is 1. The van der Waals surface area contributed by atoms with E-state index in [2.05, 4.69) is 28.7 Å². The van der Waals surface area contributed by atoms with Crippen LogP contribution >= 0.6 is 12.6 Å². The summed E-state index contributed by atoms with van der Waals surface area (Å²) in [6, 6.07) is 0. The van der Waals surface area contributed by atoms with Gasteiger partial charge in [-0.2, -0.15) is 0 Å². The van der Waals surface area contributed by atoms with Gasteiger partial charge in [-0.15, -0.1) is 12.6 Å². The van der Waals surface area contributed by atoms with Crippen LogP contribution < -0.4 is 16.1 Å². The molecule has 6 nitrogen and oxygen atoms in total. The van der Waals surface area contributed by atoms with E-state index < -0.39 is 0 Å². The molecule has 2 fully saturated rings. The summed E-state index contributed by atoms with van der Waals surface area (Å²) in [6.07, 6.45) is -0.0709. The molecule has 14 heavy (non-hydrogen) atoms. The Kier molecular flexibility index (Phi) is 2.93. The first-order chi connectivity index (χ1) is 6.72. The number of nitrogens with one attached hydrogen (secondary N) is 3. The monoisotopic (exact) mass is 218 g/mol. The molecule has 0 aromatic rings. The number of amides is 1. The van der Waals surface area contributed by atoms with E-state index in [0.29, 0.717) is 13.1 Å². The lowest BCUT2D eigenvalue weighted by Crippen LogP contribution is -2.62. The van der Waals surface area contributed by atoms with Crippen molar-refractivity contribution >= 4 is 18.5 Å². The van der Waals surface area contributed by atoms with Gasteiger partial charge < -0.3 is 10.4 Å². The Morgan fingerprint density at radius 3 is 3.14 bits per heavy atom. The molecule has 2 saturated heterocycles. The van der Waals surface area contributed by atoms with Gasteiger partial charge in [0.15, 0.2) is 0 Å². The fourth-order valence-corrected chi connectivity index (χ4v) is 2.14. The van der Waals surface area contributed by atoms with Gasteiger partial charge >= 0.3 is 0 Å². The second-order valence-electron chi connectivity index (χ2n) is 3.41. The lowest BCUT2D eigenvalue weighted by molar-refractivity contribution is -0.128. The Balaban J connectivity index is 2.05. The van der Waals surface area contributed by atoms with Crippen LogP contribution in [0, 0.1) is 5.92 Å². The van der Waals surface area contributed by atoms with E-state index in [-0.39, 0.29) is 30.1 Å². The SMILES string of the molecule is O=C1NC(S)NC2C1CNN2CCO. The maximum absolute atomic E-state index is 11.5. The number of aliphatic hydroxyl groups excluding tert-OH is 1. The Morgan fingerprint density at radius 2 is 2.43 bits per heavy atom. The normalized spacial score (nSPS) is 38.1. The average Bonchev–Trinajstić information content (AvgIpc) is 2.49. The number of aliphatic hydroxyl groups is 1. The van der Waals surface area contributed by atoms with Crippen molar-refractivity contribution in [2.75, 3.05) is 19.7 Å². The van der Waals surface area contributed by atoms with E-state index in [9.17, 15) is 4.79 Å². The Labute approximate surface area is 87.4 Å². The van der Waals surface area contributed by atoms with Crippen molar-refractivity contribution in [3.05, 3.63) is 0 Å². The Bertz CT molecular complexity index is 240. The van der Waals surface area contributed by atoms with Crippen molar-refractivity contribution in [2.45, 2.75) is 11.7 Å². The van der Waals surface area contributed by atoms with Gasteiger partial charge in [-0.05, 0) is 0 Å². The standard InChI is InChI=1S/C7H14N4O2S/c12-2-1-11-5-4(3-8-11)6(13)10-7(14)9-5/h4-5,7-9,12,14H,1-3H2,(H,10,13). The zero-order chi connectivity index (χ0) is 10.1. The third-order valence-electron chi connectivity index (χ3n) is 2.52. The summed E-state index contributed by atoms with van der Waals surface area (Å²) in [5, 5.41) is 16.5. The van der Waals surface area contributed by atoms with Crippen molar-refractivity contribution in [1.29, 1.82) is 0 Å². The summed E-state index contributed by atoms with van der Waals surface area (Å²) >= 11 is 4.15. The van der Waals surface area contributed by atoms with Gasteiger partial charge in [0.05, 0.1) is 18.7 Å². The first-order valence-corrected chi connectivity index (χ1v) is 5.09. The Morgan fingerprint density at radius 1 is 1.64 bits per heavy atom. The minimum atomic E-state index is -0.315. The molecule has 0 bridgehead atoms. The van der Waals surface area contributed by atoms with Gasteiger partial charge in [0.25, 0.3) is 0 Å². The zero-order valence-corrected chi connectivity index (χ0v) is 8.50. The highest BCUT2D eigenvalue weighted by Crippen LogP contribution is 2.18. The van der Waals surface area contributed by atoms with Crippen LogP contribution in [0.1, 0.15) is 0 Å². The van der Waals surface area contributed by atoms with E-state index in [1.165, 1.54) is 0 Å². The highest BCUT2D eigenvalue weighted by molar-refractivity contribution is 7.80. The van der Waals surface area contributed by atoms with Gasteiger partial charge in [-0.3, -0.25) is 15.5 Å². The fraction of sp³-hybridized carbons (Fsp3) is 0.857. The number of carbonyl (C=O) groups is 1. The van der Waals surface area contributed by atoms with Crippen molar-refractivity contribution in [3.8, 4) is 0 Å². The number of nitrogens with zero attached hydrogens (tertiary/aromatic N) is 1. The molecule has 0 aromatic carbocycles.